The maximum Gasteiger partial charge on any atom is 0.290 e. The van der Waals surface area contributed by atoms with E-state index in [1.807, 2.05) is 16.8 Å². The Morgan fingerprint density at radius 2 is 1.45 bits per heavy atom. The molecule has 0 fully saturated rings. The molecule has 2 aromatic rings. The normalized spacial score (nSPS) is 11.1. The second-order valence-electron chi connectivity index (χ2n) is 10.8. The van der Waals surface area contributed by atoms with Gasteiger partial charge in [-0.3, -0.25) is 9.59 Å². The smallest absolute Gasteiger partial charge is 0.290 e. The van der Waals surface area contributed by atoms with Gasteiger partial charge in [0.25, 0.3) is 11.5 Å². The molecule has 0 spiro atoms. The molecule has 0 atom stereocenters. The number of unbranched alkanes of at least 4 members (excludes halogenated alkanes) is 5. The minimum absolute atomic E-state index is 0.0142. The Morgan fingerprint density at radius 1 is 0.881 bits per heavy atom. The van der Waals surface area contributed by atoms with Crippen LogP contribution in [0.5, 0.6) is 5.88 Å². The van der Waals surface area contributed by atoms with Gasteiger partial charge < -0.3 is 15.0 Å². The van der Waals surface area contributed by atoms with E-state index in [1.165, 1.54) is 4.68 Å². The Bertz CT molecular complexity index is 1250. The van der Waals surface area contributed by atoms with E-state index in [2.05, 4.69) is 44.0 Å². The van der Waals surface area contributed by atoms with Gasteiger partial charge in [-0.2, -0.15) is 15.1 Å². The number of nitriles is 1. The molecule has 0 unspecified atom stereocenters. The minimum Gasteiger partial charge on any atom is -0.492 e. The third-order valence-electron chi connectivity index (χ3n) is 7.33. The first-order valence-corrected chi connectivity index (χ1v) is 15.8. The van der Waals surface area contributed by atoms with Crippen molar-refractivity contribution in [3.8, 4) is 11.9 Å². The molecule has 1 aromatic carbocycles. The summed E-state index contributed by atoms with van der Waals surface area (Å²) in [5.74, 6) is -0.346. The first kappa shape index (κ1) is 34.5. The maximum atomic E-state index is 13.6. The van der Waals surface area contributed by atoms with Crippen LogP contribution in [0.3, 0.4) is 0 Å². The van der Waals surface area contributed by atoms with Gasteiger partial charge in [-0.15, -0.1) is 5.11 Å². The van der Waals surface area contributed by atoms with Gasteiger partial charge in [-0.25, -0.2) is 0 Å². The van der Waals surface area contributed by atoms with Crippen LogP contribution >= 0.6 is 0 Å². The third-order valence-corrected chi connectivity index (χ3v) is 7.33. The van der Waals surface area contributed by atoms with E-state index in [9.17, 15) is 20.0 Å². The summed E-state index contributed by atoms with van der Waals surface area (Å²) in [7, 11) is 0. The van der Waals surface area contributed by atoms with Crippen LogP contribution in [0.2, 0.25) is 0 Å². The SMILES string of the molecule is CCCCc1c(/N=N/c2cccc(C(=O)N(CCCC)CCCC)c2)c(O)n(N(CCCC)CCCC)c(=O)c1C#N. The highest BCUT2D eigenvalue weighted by molar-refractivity contribution is 5.95. The lowest BCUT2D eigenvalue weighted by Crippen LogP contribution is -2.44. The molecule has 9 heteroatoms. The molecule has 1 N–H and O–H groups in total. The molecule has 0 aliphatic heterocycles. The number of carbonyl (C=O) groups excluding carboxylic acids is 1. The third kappa shape index (κ3) is 9.43. The first-order chi connectivity index (χ1) is 20.4. The van der Waals surface area contributed by atoms with Crippen molar-refractivity contribution in [3.63, 3.8) is 0 Å². The molecule has 1 amide bonds. The lowest BCUT2D eigenvalue weighted by molar-refractivity contribution is 0.0751. The van der Waals surface area contributed by atoms with Crippen molar-refractivity contribution in [2.24, 2.45) is 10.2 Å². The van der Waals surface area contributed by atoms with Crippen molar-refractivity contribution in [3.05, 3.63) is 51.3 Å². The molecule has 0 bridgehead atoms. The molecule has 0 aliphatic carbocycles. The Kier molecular flexibility index (Phi) is 15.4. The highest BCUT2D eigenvalue weighted by Gasteiger charge is 2.25. The largest absolute Gasteiger partial charge is 0.492 e. The van der Waals surface area contributed by atoms with E-state index in [-0.39, 0.29) is 23.0 Å². The predicted molar refractivity (Wildman–Crippen MR) is 170 cm³/mol. The Hall–Kier alpha value is -3.67. The maximum absolute atomic E-state index is 13.6. The van der Waals surface area contributed by atoms with Crippen LogP contribution in [0.15, 0.2) is 39.3 Å². The zero-order valence-electron chi connectivity index (χ0n) is 26.4. The second-order valence-corrected chi connectivity index (χ2v) is 10.8. The number of aromatic hydroxyl groups is 1. The van der Waals surface area contributed by atoms with Gasteiger partial charge >= 0.3 is 0 Å². The summed E-state index contributed by atoms with van der Waals surface area (Å²) < 4.78 is 1.22. The minimum atomic E-state index is -0.529. The van der Waals surface area contributed by atoms with Crippen LogP contribution in [0, 0.1) is 11.3 Å². The molecule has 0 saturated carbocycles. The molecule has 1 aromatic heterocycles. The number of hydrogen-bond donors (Lipinski definition) is 1. The van der Waals surface area contributed by atoms with E-state index in [1.54, 1.807) is 24.3 Å². The number of azo groups is 1. The van der Waals surface area contributed by atoms with Gasteiger partial charge in [0.1, 0.15) is 11.6 Å². The molecule has 42 heavy (non-hydrogen) atoms. The summed E-state index contributed by atoms with van der Waals surface area (Å²) in [6.45, 7) is 12.9. The number of rotatable bonds is 19. The lowest BCUT2D eigenvalue weighted by Gasteiger charge is -2.28. The number of aromatic nitrogens is 1. The molecule has 0 radical (unpaired) electrons. The number of benzene rings is 1. The molecule has 230 valence electrons. The number of carbonyl (C=O) groups is 1. The van der Waals surface area contributed by atoms with Gasteiger partial charge in [0.05, 0.1) is 5.69 Å². The zero-order valence-corrected chi connectivity index (χ0v) is 26.4. The Morgan fingerprint density at radius 3 is 2.00 bits per heavy atom. The van der Waals surface area contributed by atoms with Gasteiger partial charge in [-0.05, 0) is 56.7 Å². The van der Waals surface area contributed by atoms with E-state index in [0.717, 1.165) is 64.2 Å². The van der Waals surface area contributed by atoms with E-state index in [4.69, 9.17) is 0 Å². The Balaban J connectivity index is 2.61. The van der Waals surface area contributed by atoms with Crippen LogP contribution in [0.25, 0.3) is 0 Å². The monoisotopic (exact) mass is 578 g/mol. The van der Waals surface area contributed by atoms with Crippen LogP contribution in [-0.4, -0.2) is 46.8 Å². The zero-order chi connectivity index (χ0) is 30.9. The van der Waals surface area contributed by atoms with E-state index < -0.39 is 5.56 Å². The average molecular weight is 579 g/mol. The number of amides is 1. The summed E-state index contributed by atoms with van der Waals surface area (Å²) >= 11 is 0. The highest BCUT2D eigenvalue weighted by Crippen LogP contribution is 2.34. The van der Waals surface area contributed by atoms with Crippen LogP contribution < -0.4 is 10.6 Å². The van der Waals surface area contributed by atoms with Crippen molar-refractivity contribution in [1.82, 2.24) is 9.58 Å². The molecule has 2 rings (SSSR count). The van der Waals surface area contributed by atoms with Crippen molar-refractivity contribution < 1.29 is 9.90 Å². The molecular formula is C33H50N6O3. The van der Waals surface area contributed by atoms with Gasteiger partial charge in [0.15, 0.2) is 5.69 Å². The predicted octanol–water partition coefficient (Wildman–Crippen LogP) is 7.76. The fraction of sp³-hybridized carbons (Fsp3) is 0.606. The van der Waals surface area contributed by atoms with Gasteiger partial charge in [-0.1, -0.05) is 72.8 Å². The molecule has 0 saturated heterocycles. The van der Waals surface area contributed by atoms with Gasteiger partial charge in [0, 0.05) is 37.3 Å². The number of nitrogens with zero attached hydrogens (tertiary/aromatic N) is 6. The second kappa shape index (κ2) is 18.7. The number of pyridine rings is 1. The van der Waals surface area contributed by atoms with Crippen molar-refractivity contribution in [2.45, 2.75) is 105 Å². The molecule has 1 heterocycles. The van der Waals surface area contributed by atoms with E-state index >= 15 is 0 Å². The van der Waals surface area contributed by atoms with Crippen LogP contribution in [0.4, 0.5) is 11.4 Å². The summed E-state index contributed by atoms with van der Waals surface area (Å²) in [5, 5.41) is 32.2. The molecule has 9 nitrogen and oxygen atoms in total. The average Bonchev–Trinajstić information content (AvgIpc) is 3.00. The standard InChI is InChI=1S/C33H50N6O3/c1-6-11-19-28-29(25-34)32(41)39(38(22-14-9-4)23-15-10-5)33(42)30(28)36-35-27-18-16-17-26(24-27)31(40)37(20-12-7-2)21-13-8-3/h16-18,24,42H,6-15,19-23H2,1-5H3/b36-35+. The summed E-state index contributed by atoms with van der Waals surface area (Å²) in [4.78, 5) is 28.8. The van der Waals surface area contributed by atoms with Crippen LogP contribution in [-0.2, 0) is 6.42 Å². The fourth-order valence-electron chi connectivity index (χ4n) is 4.76. The molecular weight excluding hydrogens is 528 g/mol. The van der Waals surface area contributed by atoms with Gasteiger partial charge in [0.2, 0.25) is 5.88 Å². The topological polar surface area (TPSA) is 114 Å². The summed E-state index contributed by atoms with van der Waals surface area (Å²) in [6.07, 6.45) is 9.42. The fourth-order valence-corrected chi connectivity index (χ4v) is 4.76. The van der Waals surface area contributed by atoms with Crippen LogP contribution in [0.1, 0.15) is 120 Å². The quantitative estimate of drug-likeness (QED) is 0.171. The lowest BCUT2D eigenvalue weighted by atomic mass is 10.0. The van der Waals surface area contributed by atoms with Crippen molar-refractivity contribution in [1.29, 1.82) is 5.26 Å². The highest BCUT2D eigenvalue weighted by atomic mass is 16.3. The van der Waals surface area contributed by atoms with Crippen molar-refractivity contribution in [2.75, 3.05) is 31.2 Å². The molecule has 0 aliphatic rings. The van der Waals surface area contributed by atoms with Crippen molar-refractivity contribution >= 4 is 17.3 Å². The Labute approximate surface area is 251 Å². The summed E-state index contributed by atoms with van der Waals surface area (Å²) in [6, 6.07) is 9.10. The summed E-state index contributed by atoms with van der Waals surface area (Å²) in [5.41, 5.74) is 0.977. The number of hydrogen-bond acceptors (Lipinski definition) is 7. The van der Waals surface area contributed by atoms with E-state index in [0.29, 0.717) is 49.4 Å². The first-order valence-electron chi connectivity index (χ1n) is 15.8.